The zero-order valence-electron chi connectivity index (χ0n) is 10.3. The Kier molecular flexibility index (Phi) is 4.82. The van der Waals surface area contributed by atoms with Crippen molar-refractivity contribution in [3.8, 4) is 6.07 Å². The van der Waals surface area contributed by atoms with Crippen molar-refractivity contribution in [3.63, 3.8) is 0 Å². The summed E-state index contributed by atoms with van der Waals surface area (Å²) in [4.78, 5) is -0.0933. The summed E-state index contributed by atoms with van der Waals surface area (Å²) in [5.74, 6) is -0.339. The van der Waals surface area contributed by atoms with E-state index in [4.69, 9.17) is 5.26 Å². The lowest BCUT2D eigenvalue weighted by molar-refractivity contribution is 0.551. The van der Waals surface area contributed by atoms with Crippen molar-refractivity contribution in [1.82, 2.24) is 4.72 Å². The molecule has 0 fully saturated rings. The third-order valence-electron chi connectivity index (χ3n) is 2.38. The van der Waals surface area contributed by atoms with E-state index in [0.717, 1.165) is 18.2 Å². The van der Waals surface area contributed by atoms with Crippen LogP contribution in [0, 0.1) is 23.1 Å². The van der Waals surface area contributed by atoms with Gasteiger partial charge in [0.1, 0.15) is 11.9 Å². The maximum atomic E-state index is 13.1. The summed E-state index contributed by atoms with van der Waals surface area (Å²) in [7, 11) is -3.67. The maximum Gasteiger partial charge on any atom is 0.240 e. The molecule has 0 aliphatic heterocycles. The molecule has 98 valence electrons. The molecular formula is C12H15FN2O2S. The fourth-order valence-electron chi connectivity index (χ4n) is 1.32. The van der Waals surface area contributed by atoms with Crippen molar-refractivity contribution in [2.75, 3.05) is 6.54 Å². The quantitative estimate of drug-likeness (QED) is 0.889. The van der Waals surface area contributed by atoms with Crippen molar-refractivity contribution in [2.45, 2.75) is 25.2 Å². The van der Waals surface area contributed by atoms with Gasteiger partial charge in [-0.05, 0) is 30.5 Å². The number of rotatable bonds is 5. The molecule has 1 aromatic carbocycles. The highest BCUT2D eigenvalue weighted by Crippen LogP contribution is 2.14. The highest BCUT2D eigenvalue weighted by molar-refractivity contribution is 7.89. The van der Waals surface area contributed by atoms with E-state index in [9.17, 15) is 12.8 Å². The second-order valence-corrected chi connectivity index (χ2v) is 6.10. The van der Waals surface area contributed by atoms with Crippen LogP contribution in [0.15, 0.2) is 23.1 Å². The molecule has 0 amide bonds. The lowest BCUT2D eigenvalue weighted by Gasteiger charge is -2.08. The van der Waals surface area contributed by atoms with Crippen LogP contribution in [0.4, 0.5) is 4.39 Å². The maximum absolute atomic E-state index is 13.1. The van der Waals surface area contributed by atoms with Crippen LogP contribution in [-0.4, -0.2) is 15.0 Å². The number of nitrogens with one attached hydrogen (secondary N) is 1. The van der Waals surface area contributed by atoms with E-state index in [1.807, 2.05) is 13.8 Å². The first-order valence-corrected chi connectivity index (χ1v) is 7.04. The normalized spacial score (nSPS) is 11.5. The average Bonchev–Trinajstić information content (AvgIpc) is 2.28. The number of hydrogen-bond donors (Lipinski definition) is 1. The lowest BCUT2D eigenvalue weighted by Crippen LogP contribution is -2.25. The molecule has 0 aliphatic rings. The van der Waals surface area contributed by atoms with Crippen molar-refractivity contribution < 1.29 is 12.8 Å². The molecule has 0 saturated carbocycles. The molecule has 0 radical (unpaired) electrons. The molecule has 18 heavy (non-hydrogen) atoms. The summed E-state index contributed by atoms with van der Waals surface area (Å²) in [6.07, 6.45) is 0.714. The van der Waals surface area contributed by atoms with E-state index in [1.165, 1.54) is 0 Å². The van der Waals surface area contributed by atoms with E-state index in [1.54, 1.807) is 6.07 Å². The number of hydrogen-bond acceptors (Lipinski definition) is 3. The third-order valence-corrected chi connectivity index (χ3v) is 3.84. The Hall–Kier alpha value is -1.45. The number of sulfonamides is 1. The van der Waals surface area contributed by atoms with Gasteiger partial charge in [0.15, 0.2) is 0 Å². The molecule has 1 aromatic rings. The summed E-state index contributed by atoms with van der Waals surface area (Å²) >= 11 is 0. The Morgan fingerprint density at radius 3 is 2.67 bits per heavy atom. The number of benzene rings is 1. The van der Waals surface area contributed by atoms with Crippen LogP contribution < -0.4 is 4.72 Å². The highest BCUT2D eigenvalue weighted by atomic mass is 32.2. The molecule has 0 unspecified atom stereocenters. The van der Waals surface area contributed by atoms with Gasteiger partial charge in [-0.2, -0.15) is 5.26 Å². The van der Waals surface area contributed by atoms with Crippen LogP contribution >= 0.6 is 0 Å². The van der Waals surface area contributed by atoms with Gasteiger partial charge in [0.25, 0.3) is 0 Å². The van der Waals surface area contributed by atoms with Gasteiger partial charge in [-0.1, -0.05) is 13.8 Å². The smallest absolute Gasteiger partial charge is 0.211 e. The van der Waals surface area contributed by atoms with Gasteiger partial charge >= 0.3 is 0 Å². The average molecular weight is 270 g/mol. The standard InChI is InChI=1S/C12H15FN2O2S/c1-9(2)5-6-15-18(16,17)11-3-4-12(13)10(7-11)8-14/h3-4,7,9,15H,5-6H2,1-2H3. The molecule has 1 rings (SSSR count). The summed E-state index contributed by atoms with van der Waals surface area (Å²) in [6, 6.07) is 4.78. The van der Waals surface area contributed by atoms with Crippen molar-refractivity contribution in [3.05, 3.63) is 29.6 Å². The van der Waals surface area contributed by atoms with Crippen molar-refractivity contribution in [2.24, 2.45) is 5.92 Å². The van der Waals surface area contributed by atoms with Crippen LogP contribution in [0.5, 0.6) is 0 Å². The summed E-state index contributed by atoms with van der Waals surface area (Å²) in [5, 5.41) is 8.65. The minimum atomic E-state index is -3.67. The second-order valence-electron chi connectivity index (χ2n) is 4.33. The Bertz CT molecular complexity index is 562. The first-order valence-electron chi connectivity index (χ1n) is 5.56. The molecule has 0 aliphatic carbocycles. The van der Waals surface area contributed by atoms with E-state index >= 15 is 0 Å². The summed E-state index contributed by atoms with van der Waals surface area (Å²) < 4.78 is 39.2. The fraction of sp³-hybridized carbons (Fsp3) is 0.417. The first-order chi connectivity index (χ1) is 8.36. The van der Waals surface area contributed by atoms with E-state index in [0.29, 0.717) is 18.9 Å². The molecule has 0 saturated heterocycles. The van der Waals surface area contributed by atoms with Gasteiger partial charge in [-0.15, -0.1) is 0 Å². The molecule has 4 nitrogen and oxygen atoms in total. The minimum Gasteiger partial charge on any atom is -0.211 e. The second kappa shape index (κ2) is 5.94. The topological polar surface area (TPSA) is 70.0 Å². The number of nitrogens with zero attached hydrogens (tertiary/aromatic N) is 1. The zero-order valence-corrected chi connectivity index (χ0v) is 11.1. The van der Waals surface area contributed by atoms with E-state index in [2.05, 4.69) is 4.72 Å². The molecule has 1 N–H and O–H groups in total. The first kappa shape index (κ1) is 14.6. The molecule has 0 bridgehead atoms. The molecule has 0 atom stereocenters. The van der Waals surface area contributed by atoms with Crippen molar-refractivity contribution >= 4 is 10.0 Å². The monoisotopic (exact) mass is 270 g/mol. The SMILES string of the molecule is CC(C)CCNS(=O)(=O)c1ccc(F)c(C#N)c1. The van der Waals surface area contributed by atoms with Gasteiger partial charge in [-0.3, -0.25) is 0 Å². The van der Waals surface area contributed by atoms with Crippen LogP contribution in [-0.2, 0) is 10.0 Å². The molecule has 6 heteroatoms. The Labute approximate surface area is 106 Å². The zero-order chi connectivity index (χ0) is 13.8. The van der Waals surface area contributed by atoms with Gasteiger partial charge in [0.05, 0.1) is 10.5 Å². The Morgan fingerprint density at radius 1 is 1.44 bits per heavy atom. The summed E-state index contributed by atoms with van der Waals surface area (Å²) in [5.41, 5.74) is -0.276. The third kappa shape index (κ3) is 3.79. The lowest BCUT2D eigenvalue weighted by atomic mass is 10.1. The van der Waals surface area contributed by atoms with Gasteiger partial charge in [0.2, 0.25) is 10.0 Å². The van der Waals surface area contributed by atoms with Crippen LogP contribution in [0.2, 0.25) is 0 Å². The van der Waals surface area contributed by atoms with E-state index < -0.39 is 15.8 Å². The predicted octanol–water partition coefficient (Wildman–Crippen LogP) is 2.02. The number of halogens is 1. The van der Waals surface area contributed by atoms with Crippen molar-refractivity contribution in [1.29, 1.82) is 5.26 Å². The number of nitriles is 1. The molecule has 0 spiro atoms. The van der Waals surface area contributed by atoms with E-state index in [-0.39, 0.29) is 10.5 Å². The Morgan fingerprint density at radius 2 is 2.11 bits per heavy atom. The van der Waals surface area contributed by atoms with Crippen LogP contribution in [0.3, 0.4) is 0 Å². The van der Waals surface area contributed by atoms with Gasteiger partial charge in [-0.25, -0.2) is 17.5 Å². The Balaban J connectivity index is 2.89. The van der Waals surface area contributed by atoms with Gasteiger partial charge < -0.3 is 0 Å². The van der Waals surface area contributed by atoms with Crippen LogP contribution in [0.1, 0.15) is 25.8 Å². The molecule has 0 heterocycles. The fourth-order valence-corrected chi connectivity index (χ4v) is 2.40. The highest BCUT2D eigenvalue weighted by Gasteiger charge is 2.15. The van der Waals surface area contributed by atoms with Crippen LogP contribution in [0.25, 0.3) is 0 Å². The molecular weight excluding hydrogens is 255 g/mol. The largest absolute Gasteiger partial charge is 0.240 e. The summed E-state index contributed by atoms with van der Waals surface area (Å²) in [6.45, 7) is 4.29. The minimum absolute atomic E-state index is 0.0933. The van der Waals surface area contributed by atoms with Gasteiger partial charge in [0, 0.05) is 6.54 Å². The predicted molar refractivity (Wildman–Crippen MR) is 65.8 cm³/mol. The molecule has 0 aromatic heterocycles.